The summed E-state index contributed by atoms with van der Waals surface area (Å²) < 4.78 is 0. The number of carbonyl (C=O) groups excluding carboxylic acids is 1. The molecule has 1 aliphatic heterocycles. The molecule has 0 radical (unpaired) electrons. The van der Waals surface area contributed by atoms with Crippen LogP contribution in [0, 0.1) is 13.8 Å². The van der Waals surface area contributed by atoms with Gasteiger partial charge in [-0.25, -0.2) is 0 Å². The Morgan fingerprint density at radius 3 is 2.46 bits per heavy atom. The van der Waals surface area contributed by atoms with E-state index in [9.17, 15) is 4.79 Å². The molecule has 0 saturated heterocycles. The van der Waals surface area contributed by atoms with Crippen molar-refractivity contribution in [3.05, 3.63) is 77.0 Å². The number of ketones is 1. The molecule has 24 heavy (non-hydrogen) atoms. The molecular formula is C20H21N3O. The Morgan fingerprint density at radius 1 is 1.04 bits per heavy atom. The minimum Gasteiger partial charge on any atom is -0.361 e. The highest BCUT2D eigenvalue weighted by molar-refractivity contribution is 6.09. The number of carbonyl (C=O) groups is 1. The molecule has 4 heteroatoms. The van der Waals surface area contributed by atoms with Crippen LogP contribution in [-0.2, 0) is 4.79 Å². The molecule has 0 amide bonds. The van der Waals surface area contributed by atoms with Gasteiger partial charge in [-0.2, -0.15) is 0 Å². The van der Waals surface area contributed by atoms with E-state index in [0.717, 1.165) is 22.6 Å². The second-order valence-corrected chi connectivity index (χ2v) is 5.99. The van der Waals surface area contributed by atoms with E-state index in [1.54, 1.807) is 6.08 Å². The molecular weight excluding hydrogens is 298 g/mol. The number of aromatic amines is 2. The average molecular weight is 319 g/mol. The van der Waals surface area contributed by atoms with Gasteiger partial charge in [-0.05, 0) is 56.0 Å². The van der Waals surface area contributed by atoms with Gasteiger partial charge < -0.3 is 15.3 Å². The predicted octanol–water partition coefficient (Wildman–Crippen LogP) is 4.22. The number of hydrogen-bond acceptors (Lipinski definition) is 2. The number of fused-ring (bicyclic) bond motifs is 1. The summed E-state index contributed by atoms with van der Waals surface area (Å²) in [5, 5.41) is 4.32. The molecule has 122 valence electrons. The van der Waals surface area contributed by atoms with Crippen LogP contribution in [0.4, 0.5) is 0 Å². The second kappa shape index (κ2) is 6.62. The lowest BCUT2D eigenvalue weighted by atomic mass is 10.2. The zero-order valence-corrected chi connectivity index (χ0v) is 14.1. The van der Waals surface area contributed by atoms with Crippen molar-refractivity contribution in [1.82, 2.24) is 15.3 Å². The van der Waals surface area contributed by atoms with Crippen LogP contribution >= 0.6 is 0 Å². The molecule has 4 rings (SSSR count). The Kier molecular flexibility index (Phi) is 4.38. The summed E-state index contributed by atoms with van der Waals surface area (Å²) in [5.41, 5.74) is 5.99. The van der Waals surface area contributed by atoms with E-state index in [1.807, 2.05) is 45.2 Å². The summed E-state index contributed by atoms with van der Waals surface area (Å²) in [7, 11) is 0. The number of aryl methyl sites for hydroxylation is 2. The van der Waals surface area contributed by atoms with Gasteiger partial charge in [-0.3, -0.25) is 4.79 Å². The van der Waals surface area contributed by atoms with Crippen molar-refractivity contribution in [2.75, 3.05) is 0 Å². The van der Waals surface area contributed by atoms with Crippen LogP contribution in [0.25, 0.3) is 17.0 Å². The predicted molar refractivity (Wildman–Crippen MR) is 98.4 cm³/mol. The number of allylic oxidation sites excluding steroid dienone is 2. The first-order valence-electron chi connectivity index (χ1n) is 7.92. The maximum Gasteiger partial charge on any atom is 0.203 e. The highest BCUT2D eigenvalue weighted by Gasteiger charge is 2.15. The van der Waals surface area contributed by atoms with Gasteiger partial charge in [0.25, 0.3) is 0 Å². The highest BCUT2D eigenvalue weighted by Crippen LogP contribution is 2.16. The van der Waals surface area contributed by atoms with Crippen molar-refractivity contribution >= 4 is 22.8 Å². The molecule has 3 heterocycles. The van der Waals surface area contributed by atoms with E-state index < -0.39 is 0 Å². The third kappa shape index (κ3) is 3.49. The van der Waals surface area contributed by atoms with E-state index in [-0.39, 0.29) is 5.78 Å². The maximum absolute atomic E-state index is 11.5. The third-order valence-corrected chi connectivity index (χ3v) is 3.89. The minimum atomic E-state index is 0.0409. The van der Waals surface area contributed by atoms with Crippen LogP contribution < -0.4 is 5.32 Å². The molecule has 0 spiro atoms. The lowest BCUT2D eigenvalue weighted by Gasteiger charge is -1.99. The SMILES string of the molecule is CC1=CC(=O)/C(=C/c2[nH]c(C)cc2C)N1.c1ccc2[nH]ccc2c1. The molecule has 3 N–H and O–H groups in total. The first-order chi connectivity index (χ1) is 11.5. The lowest BCUT2D eigenvalue weighted by Crippen LogP contribution is -2.07. The van der Waals surface area contributed by atoms with Gasteiger partial charge in [0.2, 0.25) is 5.78 Å². The number of benzene rings is 1. The van der Waals surface area contributed by atoms with Gasteiger partial charge in [0.1, 0.15) is 0 Å². The molecule has 0 aliphatic carbocycles. The normalized spacial score (nSPS) is 15.2. The van der Waals surface area contributed by atoms with Crippen molar-refractivity contribution in [3.8, 4) is 0 Å². The first kappa shape index (κ1) is 15.9. The number of rotatable bonds is 1. The molecule has 4 nitrogen and oxygen atoms in total. The van der Waals surface area contributed by atoms with E-state index in [0.29, 0.717) is 5.70 Å². The van der Waals surface area contributed by atoms with Gasteiger partial charge in [-0.15, -0.1) is 0 Å². The van der Waals surface area contributed by atoms with Crippen molar-refractivity contribution < 1.29 is 4.79 Å². The Morgan fingerprint density at radius 2 is 1.83 bits per heavy atom. The summed E-state index contributed by atoms with van der Waals surface area (Å²) in [4.78, 5) is 17.8. The van der Waals surface area contributed by atoms with Crippen molar-refractivity contribution in [2.45, 2.75) is 20.8 Å². The fraction of sp³-hybridized carbons (Fsp3) is 0.150. The van der Waals surface area contributed by atoms with Crippen LogP contribution in [0.15, 0.2) is 60.1 Å². The third-order valence-electron chi connectivity index (χ3n) is 3.89. The van der Waals surface area contributed by atoms with Crippen LogP contribution in [0.2, 0.25) is 0 Å². The number of para-hydroxylation sites is 1. The lowest BCUT2D eigenvalue weighted by molar-refractivity contribution is -0.111. The van der Waals surface area contributed by atoms with Crippen molar-refractivity contribution in [1.29, 1.82) is 0 Å². The molecule has 1 aliphatic rings. The summed E-state index contributed by atoms with van der Waals surface area (Å²) in [6.45, 7) is 5.91. The van der Waals surface area contributed by atoms with Gasteiger partial charge in [0.05, 0.1) is 5.70 Å². The average Bonchev–Trinajstić information content (AvgIpc) is 3.21. The summed E-state index contributed by atoms with van der Waals surface area (Å²) in [6.07, 6.45) is 5.42. The smallest absolute Gasteiger partial charge is 0.203 e. The largest absolute Gasteiger partial charge is 0.361 e. The van der Waals surface area contributed by atoms with Gasteiger partial charge in [-0.1, -0.05) is 18.2 Å². The molecule has 0 bridgehead atoms. The van der Waals surface area contributed by atoms with Crippen molar-refractivity contribution in [2.24, 2.45) is 0 Å². The minimum absolute atomic E-state index is 0.0409. The van der Waals surface area contributed by atoms with E-state index in [4.69, 9.17) is 0 Å². The Labute approximate surface area is 141 Å². The Hall–Kier alpha value is -3.01. The highest BCUT2D eigenvalue weighted by atomic mass is 16.1. The van der Waals surface area contributed by atoms with Gasteiger partial charge >= 0.3 is 0 Å². The van der Waals surface area contributed by atoms with E-state index in [1.165, 1.54) is 10.9 Å². The van der Waals surface area contributed by atoms with Crippen LogP contribution in [0.3, 0.4) is 0 Å². The molecule has 0 unspecified atom stereocenters. The second-order valence-electron chi connectivity index (χ2n) is 5.99. The molecule has 0 fully saturated rings. The van der Waals surface area contributed by atoms with Crippen molar-refractivity contribution in [3.63, 3.8) is 0 Å². The summed E-state index contributed by atoms with van der Waals surface area (Å²) in [5.74, 6) is 0.0409. The molecule has 0 atom stereocenters. The number of nitrogens with one attached hydrogen (secondary N) is 3. The quantitative estimate of drug-likeness (QED) is 0.588. The fourth-order valence-electron chi connectivity index (χ4n) is 2.73. The molecule has 2 aromatic heterocycles. The molecule has 0 saturated carbocycles. The number of aromatic nitrogens is 2. The van der Waals surface area contributed by atoms with Crippen LogP contribution in [0.1, 0.15) is 23.9 Å². The number of hydrogen-bond donors (Lipinski definition) is 3. The van der Waals surface area contributed by atoms with E-state index >= 15 is 0 Å². The summed E-state index contributed by atoms with van der Waals surface area (Å²) in [6, 6.07) is 12.3. The zero-order valence-electron chi connectivity index (χ0n) is 14.1. The Balaban J connectivity index is 0.000000159. The number of H-pyrrole nitrogens is 2. The monoisotopic (exact) mass is 319 g/mol. The van der Waals surface area contributed by atoms with Gasteiger partial charge in [0.15, 0.2) is 0 Å². The van der Waals surface area contributed by atoms with E-state index in [2.05, 4.69) is 39.6 Å². The topological polar surface area (TPSA) is 60.7 Å². The Bertz CT molecular complexity index is 911. The standard InChI is InChI=1S/C12H14N2O.C8H7N/c1-7-4-8(2)13-10(7)6-11-12(15)5-9(3)14-11;1-2-4-8-7(3-1)5-6-9-8/h4-6,13-14H,1-3H3;1-6,9H/b11-6-;. The fourth-order valence-corrected chi connectivity index (χ4v) is 2.73. The maximum atomic E-state index is 11.5. The van der Waals surface area contributed by atoms with Crippen LogP contribution in [0.5, 0.6) is 0 Å². The zero-order chi connectivity index (χ0) is 17.1. The molecule has 1 aromatic carbocycles. The van der Waals surface area contributed by atoms with Gasteiger partial charge in [0, 0.05) is 34.9 Å². The molecule has 3 aromatic rings. The summed E-state index contributed by atoms with van der Waals surface area (Å²) >= 11 is 0. The van der Waals surface area contributed by atoms with Crippen LogP contribution in [-0.4, -0.2) is 15.8 Å². The first-order valence-corrected chi connectivity index (χ1v) is 7.92.